The van der Waals surface area contributed by atoms with E-state index in [1.165, 1.54) is 44.6 Å². The zero-order chi connectivity index (χ0) is 14.8. The van der Waals surface area contributed by atoms with Crippen LogP contribution >= 0.6 is 0 Å². The molecule has 0 heterocycles. The summed E-state index contributed by atoms with van der Waals surface area (Å²) in [5.74, 6) is -2.63. The van der Waals surface area contributed by atoms with Crippen molar-refractivity contribution in [3.8, 4) is 0 Å². The maximum absolute atomic E-state index is 9.70. The van der Waals surface area contributed by atoms with Crippen LogP contribution in [0, 0.1) is 5.92 Å². The van der Waals surface area contributed by atoms with Gasteiger partial charge in [-0.3, -0.25) is 0 Å². The predicted molar refractivity (Wildman–Crippen MR) is 80.8 cm³/mol. The van der Waals surface area contributed by atoms with E-state index in [9.17, 15) is 10.2 Å². The molecule has 1 atom stereocenters. The Hall–Kier alpha value is -1.13. The highest BCUT2D eigenvalue weighted by Gasteiger charge is 2.31. The van der Waals surface area contributed by atoms with Crippen molar-refractivity contribution in [2.24, 2.45) is 11.1 Å². The standard InChI is InChI=1S/C16H27NO3/c1-2-3-4-5-6-7-8-9-14-10-11-16(18,19)15(12-14)13-17-20/h10-13,15,18-20H,2-9H2,1H3. The molecule has 1 aliphatic carbocycles. The first-order chi connectivity index (χ1) is 9.60. The molecule has 1 aliphatic rings. The second-order valence-electron chi connectivity index (χ2n) is 5.52. The van der Waals surface area contributed by atoms with Crippen LogP contribution in [-0.2, 0) is 0 Å². The molecule has 0 aromatic carbocycles. The van der Waals surface area contributed by atoms with Crippen molar-refractivity contribution in [2.45, 2.75) is 64.1 Å². The van der Waals surface area contributed by atoms with E-state index in [0.29, 0.717) is 0 Å². The van der Waals surface area contributed by atoms with Gasteiger partial charge >= 0.3 is 0 Å². The van der Waals surface area contributed by atoms with Crippen molar-refractivity contribution in [1.82, 2.24) is 0 Å². The first-order valence-electron chi connectivity index (χ1n) is 7.62. The lowest BCUT2D eigenvalue weighted by atomic mass is 9.89. The molecule has 0 radical (unpaired) electrons. The lowest BCUT2D eigenvalue weighted by Gasteiger charge is -2.26. The molecule has 0 saturated heterocycles. The fraction of sp³-hybridized carbons (Fsp3) is 0.688. The van der Waals surface area contributed by atoms with Gasteiger partial charge in [0, 0.05) is 0 Å². The molecule has 0 aromatic heterocycles. The van der Waals surface area contributed by atoms with E-state index in [1.54, 1.807) is 12.2 Å². The van der Waals surface area contributed by atoms with E-state index in [2.05, 4.69) is 12.1 Å². The van der Waals surface area contributed by atoms with Crippen molar-refractivity contribution in [2.75, 3.05) is 0 Å². The fourth-order valence-electron chi connectivity index (χ4n) is 2.43. The Bertz CT molecular complexity index is 359. The highest BCUT2D eigenvalue weighted by atomic mass is 16.5. The number of hydrogen-bond acceptors (Lipinski definition) is 4. The summed E-state index contributed by atoms with van der Waals surface area (Å²) in [5.41, 5.74) is 1.07. The average molecular weight is 281 g/mol. The molecule has 0 aliphatic heterocycles. The van der Waals surface area contributed by atoms with E-state index in [0.717, 1.165) is 24.6 Å². The number of unbranched alkanes of at least 4 members (excludes halogenated alkanes) is 6. The largest absolute Gasteiger partial charge is 0.411 e. The van der Waals surface area contributed by atoms with Gasteiger partial charge < -0.3 is 15.4 Å². The molecular weight excluding hydrogens is 254 g/mol. The van der Waals surface area contributed by atoms with Gasteiger partial charge in [-0.25, -0.2) is 0 Å². The molecule has 1 rings (SSSR count). The number of aliphatic hydroxyl groups is 2. The minimum Gasteiger partial charge on any atom is -0.411 e. The fourth-order valence-corrected chi connectivity index (χ4v) is 2.43. The van der Waals surface area contributed by atoms with Crippen LogP contribution in [0.15, 0.2) is 29.0 Å². The number of rotatable bonds is 9. The van der Waals surface area contributed by atoms with Crippen LogP contribution in [0.2, 0.25) is 0 Å². The number of nitrogens with zero attached hydrogens (tertiary/aromatic N) is 1. The molecule has 3 N–H and O–H groups in total. The van der Waals surface area contributed by atoms with E-state index in [4.69, 9.17) is 5.21 Å². The Morgan fingerprint density at radius 1 is 1.15 bits per heavy atom. The first-order valence-corrected chi connectivity index (χ1v) is 7.62. The zero-order valence-corrected chi connectivity index (χ0v) is 12.3. The van der Waals surface area contributed by atoms with Gasteiger partial charge in [0.15, 0.2) is 5.79 Å². The molecule has 4 nitrogen and oxygen atoms in total. The smallest absolute Gasteiger partial charge is 0.194 e. The summed E-state index contributed by atoms with van der Waals surface area (Å²) in [7, 11) is 0. The highest BCUT2D eigenvalue weighted by Crippen LogP contribution is 2.26. The summed E-state index contributed by atoms with van der Waals surface area (Å²) < 4.78 is 0. The first kappa shape index (κ1) is 16.9. The Balaban J connectivity index is 2.28. The zero-order valence-electron chi connectivity index (χ0n) is 12.3. The topological polar surface area (TPSA) is 73.1 Å². The maximum Gasteiger partial charge on any atom is 0.194 e. The third kappa shape index (κ3) is 5.88. The van der Waals surface area contributed by atoms with Gasteiger partial charge in [-0.05, 0) is 18.9 Å². The molecule has 4 heteroatoms. The van der Waals surface area contributed by atoms with Crippen LogP contribution in [0.3, 0.4) is 0 Å². The second kappa shape index (κ2) is 8.93. The van der Waals surface area contributed by atoms with Crippen LogP contribution < -0.4 is 0 Å². The SMILES string of the molecule is CCCCCCCCCC1=CC(C=NO)C(O)(O)C=C1. The van der Waals surface area contributed by atoms with Gasteiger partial charge in [-0.15, -0.1) is 5.16 Å². The van der Waals surface area contributed by atoms with E-state index >= 15 is 0 Å². The third-order valence-electron chi connectivity index (χ3n) is 3.72. The number of oxime groups is 1. The van der Waals surface area contributed by atoms with Gasteiger partial charge in [0.05, 0.1) is 12.1 Å². The van der Waals surface area contributed by atoms with Crippen molar-refractivity contribution >= 4 is 6.21 Å². The minimum atomic E-state index is -1.95. The van der Waals surface area contributed by atoms with Gasteiger partial charge in [0.25, 0.3) is 0 Å². The quantitative estimate of drug-likeness (QED) is 0.199. The Morgan fingerprint density at radius 2 is 1.80 bits per heavy atom. The summed E-state index contributed by atoms with van der Waals surface area (Å²) in [6.45, 7) is 2.22. The monoisotopic (exact) mass is 281 g/mol. The van der Waals surface area contributed by atoms with Crippen molar-refractivity contribution in [3.63, 3.8) is 0 Å². The Kier molecular flexibility index (Phi) is 7.55. The molecule has 0 amide bonds. The Morgan fingerprint density at radius 3 is 2.45 bits per heavy atom. The van der Waals surface area contributed by atoms with Crippen molar-refractivity contribution in [1.29, 1.82) is 0 Å². The molecule has 0 fully saturated rings. The number of hydrogen-bond donors (Lipinski definition) is 3. The molecule has 0 aromatic rings. The van der Waals surface area contributed by atoms with E-state index in [1.807, 2.05) is 0 Å². The number of allylic oxidation sites excluding steroid dienone is 2. The minimum absolute atomic E-state index is 0.683. The van der Waals surface area contributed by atoms with Crippen LogP contribution in [0.1, 0.15) is 58.3 Å². The maximum atomic E-state index is 9.70. The molecule has 20 heavy (non-hydrogen) atoms. The molecular formula is C16H27NO3. The molecule has 0 bridgehead atoms. The van der Waals surface area contributed by atoms with Crippen LogP contribution in [0.5, 0.6) is 0 Å². The third-order valence-corrected chi connectivity index (χ3v) is 3.72. The van der Waals surface area contributed by atoms with E-state index in [-0.39, 0.29) is 0 Å². The molecule has 0 spiro atoms. The van der Waals surface area contributed by atoms with Crippen LogP contribution in [0.4, 0.5) is 0 Å². The Labute approximate surface area is 121 Å². The van der Waals surface area contributed by atoms with Crippen LogP contribution in [0.25, 0.3) is 0 Å². The van der Waals surface area contributed by atoms with Gasteiger partial charge in [0.1, 0.15) is 0 Å². The highest BCUT2D eigenvalue weighted by molar-refractivity contribution is 5.66. The summed E-state index contributed by atoms with van der Waals surface area (Å²) >= 11 is 0. The van der Waals surface area contributed by atoms with Gasteiger partial charge in [0.2, 0.25) is 0 Å². The molecule has 1 unspecified atom stereocenters. The molecule has 0 saturated carbocycles. The lowest BCUT2D eigenvalue weighted by molar-refractivity contribution is -0.131. The van der Waals surface area contributed by atoms with Crippen LogP contribution in [-0.4, -0.2) is 27.4 Å². The van der Waals surface area contributed by atoms with E-state index < -0.39 is 11.7 Å². The summed E-state index contributed by atoms with van der Waals surface area (Å²) in [6, 6.07) is 0. The van der Waals surface area contributed by atoms with Gasteiger partial charge in [-0.2, -0.15) is 0 Å². The van der Waals surface area contributed by atoms with Crippen molar-refractivity contribution in [3.05, 3.63) is 23.8 Å². The summed E-state index contributed by atoms with van der Waals surface area (Å²) in [5, 5.41) is 30.8. The van der Waals surface area contributed by atoms with Gasteiger partial charge in [-0.1, -0.05) is 63.2 Å². The predicted octanol–water partition coefficient (Wildman–Crippen LogP) is 3.38. The lowest BCUT2D eigenvalue weighted by Crippen LogP contribution is -2.37. The average Bonchev–Trinajstić information content (AvgIpc) is 2.41. The summed E-state index contributed by atoms with van der Waals surface area (Å²) in [4.78, 5) is 0. The normalized spacial score (nSPS) is 21.4. The molecule has 114 valence electrons. The second-order valence-corrected chi connectivity index (χ2v) is 5.52. The van der Waals surface area contributed by atoms with Crippen molar-refractivity contribution < 1.29 is 15.4 Å². The summed E-state index contributed by atoms with van der Waals surface area (Å²) in [6.07, 6.45) is 15.7.